The molecule has 0 aliphatic heterocycles. The second-order valence-corrected chi connectivity index (χ2v) is 6.67. The van der Waals surface area contributed by atoms with E-state index in [1.807, 2.05) is 29.8 Å². The Morgan fingerprint density at radius 3 is 2.92 bits per heavy atom. The summed E-state index contributed by atoms with van der Waals surface area (Å²) in [4.78, 5) is 20.9. The van der Waals surface area contributed by atoms with Gasteiger partial charge in [0, 0.05) is 36.7 Å². The molecule has 1 spiro atoms. The maximum atomic E-state index is 12.5. The number of pyridine rings is 1. The van der Waals surface area contributed by atoms with Gasteiger partial charge in [-0.2, -0.15) is 0 Å². The second-order valence-electron chi connectivity index (χ2n) is 6.67. The average molecular weight is 326 g/mol. The van der Waals surface area contributed by atoms with Crippen molar-refractivity contribution in [2.45, 2.75) is 44.8 Å². The Kier molecular flexibility index (Phi) is 3.84. The number of nitrogens with one attached hydrogen (secondary N) is 1. The van der Waals surface area contributed by atoms with Gasteiger partial charge in [-0.25, -0.2) is 9.97 Å². The van der Waals surface area contributed by atoms with Crippen LogP contribution in [0.4, 0.5) is 0 Å². The second kappa shape index (κ2) is 6.02. The SMILES string of the molecule is CCO[C@H]1C[C@@H](NC(=O)c2ccc(-n3ccnc3)nc2)C12CCC2. The van der Waals surface area contributed by atoms with Gasteiger partial charge in [-0.3, -0.25) is 9.36 Å². The molecule has 0 radical (unpaired) electrons. The third kappa shape index (κ3) is 2.41. The monoisotopic (exact) mass is 326 g/mol. The highest BCUT2D eigenvalue weighted by Crippen LogP contribution is 2.57. The lowest BCUT2D eigenvalue weighted by Crippen LogP contribution is -2.67. The van der Waals surface area contributed by atoms with Crippen molar-refractivity contribution in [3.63, 3.8) is 0 Å². The predicted octanol–water partition coefficient (Wildman–Crippen LogP) is 2.34. The van der Waals surface area contributed by atoms with Gasteiger partial charge in [0.25, 0.3) is 5.91 Å². The largest absolute Gasteiger partial charge is 0.378 e. The molecular weight excluding hydrogens is 304 g/mol. The average Bonchev–Trinajstić information content (AvgIpc) is 3.06. The van der Waals surface area contributed by atoms with E-state index in [0.717, 1.165) is 31.7 Å². The highest BCUT2D eigenvalue weighted by atomic mass is 16.5. The summed E-state index contributed by atoms with van der Waals surface area (Å²) >= 11 is 0. The Bertz CT molecular complexity index is 707. The number of hydrogen-bond donors (Lipinski definition) is 1. The van der Waals surface area contributed by atoms with Crippen LogP contribution in [-0.2, 0) is 4.74 Å². The summed E-state index contributed by atoms with van der Waals surface area (Å²) in [5.74, 6) is 0.700. The van der Waals surface area contributed by atoms with Crippen LogP contribution in [0.1, 0.15) is 43.0 Å². The van der Waals surface area contributed by atoms with Crippen molar-refractivity contribution in [1.82, 2.24) is 19.9 Å². The molecule has 2 aromatic heterocycles. The molecule has 2 aliphatic carbocycles. The van der Waals surface area contributed by atoms with E-state index in [9.17, 15) is 4.79 Å². The fraction of sp³-hybridized carbons (Fsp3) is 0.500. The van der Waals surface area contributed by atoms with Crippen molar-refractivity contribution in [3.05, 3.63) is 42.6 Å². The Morgan fingerprint density at radius 1 is 1.46 bits per heavy atom. The first-order valence-corrected chi connectivity index (χ1v) is 8.60. The van der Waals surface area contributed by atoms with Gasteiger partial charge in [0.1, 0.15) is 12.1 Å². The van der Waals surface area contributed by atoms with Crippen LogP contribution in [0.5, 0.6) is 0 Å². The van der Waals surface area contributed by atoms with Crippen LogP contribution in [0.15, 0.2) is 37.1 Å². The summed E-state index contributed by atoms with van der Waals surface area (Å²) in [6, 6.07) is 3.87. The third-order valence-electron chi connectivity index (χ3n) is 5.52. The standard InChI is InChI=1S/C18H22N4O2/c1-2-24-15-10-14(18(15)6-3-7-18)21-17(23)13-4-5-16(20-11-13)22-9-8-19-12-22/h4-5,8-9,11-12,14-15H,2-3,6-7,10H2,1H3,(H,21,23)/t14-,15+/m1/s1. The quantitative estimate of drug-likeness (QED) is 0.916. The summed E-state index contributed by atoms with van der Waals surface area (Å²) < 4.78 is 7.65. The molecule has 1 amide bonds. The molecule has 0 aromatic carbocycles. The number of carbonyl (C=O) groups excluding carboxylic acids is 1. The fourth-order valence-electron chi connectivity index (χ4n) is 3.95. The number of rotatable bonds is 5. The molecule has 2 atom stereocenters. The minimum absolute atomic E-state index is 0.0501. The van der Waals surface area contributed by atoms with Gasteiger partial charge in [0.2, 0.25) is 0 Å². The maximum absolute atomic E-state index is 12.5. The van der Waals surface area contributed by atoms with Gasteiger partial charge in [0.15, 0.2) is 0 Å². The van der Waals surface area contributed by atoms with Crippen molar-refractivity contribution in [3.8, 4) is 5.82 Å². The van der Waals surface area contributed by atoms with Crippen molar-refractivity contribution in [2.24, 2.45) is 5.41 Å². The van der Waals surface area contributed by atoms with Gasteiger partial charge in [-0.15, -0.1) is 0 Å². The Labute approximate surface area is 141 Å². The molecule has 6 nitrogen and oxygen atoms in total. The van der Waals surface area contributed by atoms with Crippen LogP contribution in [-0.4, -0.2) is 39.2 Å². The molecule has 2 fully saturated rings. The zero-order valence-corrected chi connectivity index (χ0v) is 13.8. The first kappa shape index (κ1) is 15.3. The van der Waals surface area contributed by atoms with Crippen molar-refractivity contribution >= 4 is 5.91 Å². The molecule has 2 heterocycles. The molecule has 1 N–H and O–H groups in total. The minimum Gasteiger partial charge on any atom is -0.378 e. The smallest absolute Gasteiger partial charge is 0.253 e. The van der Waals surface area contributed by atoms with E-state index in [-0.39, 0.29) is 17.4 Å². The van der Waals surface area contributed by atoms with E-state index >= 15 is 0 Å². The first-order valence-electron chi connectivity index (χ1n) is 8.60. The number of nitrogens with zero attached hydrogens (tertiary/aromatic N) is 3. The third-order valence-corrected chi connectivity index (χ3v) is 5.52. The lowest BCUT2D eigenvalue weighted by molar-refractivity contribution is -0.169. The number of aromatic nitrogens is 3. The lowest BCUT2D eigenvalue weighted by Gasteiger charge is -2.61. The first-order chi connectivity index (χ1) is 11.7. The maximum Gasteiger partial charge on any atom is 0.253 e. The van der Waals surface area contributed by atoms with Crippen molar-refractivity contribution < 1.29 is 9.53 Å². The van der Waals surface area contributed by atoms with Crippen molar-refractivity contribution in [1.29, 1.82) is 0 Å². The highest BCUT2D eigenvalue weighted by Gasteiger charge is 2.59. The van der Waals surface area contributed by atoms with Crippen LogP contribution in [0, 0.1) is 5.41 Å². The molecule has 2 aliphatic rings. The normalized spacial score (nSPS) is 24.2. The summed E-state index contributed by atoms with van der Waals surface area (Å²) in [6.45, 7) is 2.78. The topological polar surface area (TPSA) is 69.0 Å². The summed E-state index contributed by atoms with van der Waals surface area (Å²) in [5.41, 5.74) is 0.767. The zero-order chi connectivity index (χ0) is 16.6. The molecule has 2 saturated carbocycles. The summed E-state index contributed by atoms with van der Waals surface area (Å²) in [5, 5.41) is 3.19. The van der Waals surface area contributed by atoms with Crippen molar-refractivity contribution in [2.75, 3.05) is 6.61 Å². The molecule has 0 bridgehead atoms. The molecule has 6 heteroatoms. The minimum atomic E-state index is -0.0501. The number of ether oxygens (including phenoxy) is 1. The van der Waals surface area contributed by atoms with Gasteiger partial charge < -0.3 is 10.1 Å². The van der Waals surface area contributed by atoms with Gasteiger partial charge >= 0.3 is 0 Å². The molecule has 24 heavy (non-hydrogen) atoms. The molecular formula is C18H22N4O2. The Hall–Kier alpha value is -2.21. The molecule has 126 valence electrons. The van der Waals surface area contributed by atoms with Crippen LogP contribution in [0.3, 0.4) is 0 Å². The van der Waals surface area contributed by atoms with Gasteiger partial charge in [0.05, 0.1) is 11.7 Å². The van der Waals surface area contributed by atoms with Crippen LogP contribution >= 0.6 is 0 Å². The van der Waals surface area contributed by atoms with Gasteiger partial charge in [-0.1, -0.05) is 6.42 Å². The number of imidazole rings is 1. The van der Waals surface area contributed by atoms with Crippen LogP contribution in [0.2, 0.25) is 0 Å². The predicted molar refractivity (Wildman–Crippen MR) is 88.9 cm³/mol. The molecule has 0 unspecified atom stereocenters. The molecule has 0 saturated heterocycles. The van der Waals surface area contributed by atoms with E-state index in [1.54, 1.807) is 18.7 Å². The molecule has 2 aromatic rings. The summed E-state index contributed by atoms with van der Waals surface area (Å²) in [7, 11) is 0. The number of carbonyl (C=O) groups is 1. The Balaban J connectivity index is 1.42. The van der Waals surface area contributed by atoms with Crippen LogP contribution in [0.25, 0.3) is 5.82 Å². The van der Waals surface area contributed by atoms with E-state index in [2.05, 4.69) is 15.3 Å². The number of hydrogen-bond acceptors (Lipinski definition) is 4. The highest BCUT2D eigenvalue weighted by molar-refractivity contribution is 5.94. The van der Waals surface area contributed by atoms with E-state index in [1.165, 1.54) is 6.42 Å². The number of amides is 1. The van der Waals surface area contributed by atoms with E-state index in [0.29, 0.717) is 11.7 Å². The van der Waals surface area contributed by atoms with Crippen LogP contribution < -0.4 is 5.32 Å². The Morgan fingerprint density at radius 2 is 2.33 bits per heavy atom. The van der Waals surface area contributed by atoms with E-state index in [4.69, 9.17) is 4.74 Å². The summed E-state index contributed by atoms with van der Waals surface area (Å²) in [6.07, 6.45) is 11.6. The van der Waals surface area contributed by atoms with E-state index < -0.39 is 0 Å². The lowest BCUT2D eigenvalue weighted by atomic mass is 9.51. The van der Waals surface area contributed by atoms with Gasteiger partial charge in [-0.05, 0) is 38.3 Å². The zero-order valence-electron chi connectivity index (χ0n) is 13.8. The fourth-order valence-corrected chi connectivity index (χ4v) is 3.95. The molecule has 4 rings (SSSR count).